The number of methoxy groups -OCH3 is 1. The van der Waals surface area contributed by atoms with Crippen molar-refractivity contribution in [3.05, 3.63) is 71.3 Å². The molecule has 0 aromatic heterocycles. The lowest BCUT2D eigenvalue weighted by Gasteiger charge is -2.26. The molecular weight excluding hydrogens is 540 g/mol. The number of hydrogen-bond donors (Lipinski definition) is 4. The summed E-state index contributed by atoms with van der Waals surface area (Å²) in [5.74, 6) is -1.67. The lowest BCUT2D eigenvalue weighted by atomic mass is 9.89. The number of hydrogen-bond acceptors (Lipinski definition) is 7. The first-order valence-electron chi connectivity index (χ1n) is 14.1. The Labute approximate surface area is 246 Å². The van der Waals surface area contributed by atoms with Crippen molar-refractivity contribution in [1.82, 2.24) is 21.3 Å². The molecule has 0 bridgehead atoms. The first-order valence-corrected chi connectivity index (χ1v) is 14.1. The maximum absolute atomic E-state index is 13.2. The van der Waals surface area contributed by atoms with Crippen LogP contribution in [-0.4, -0.2) is 61.1 Å². The Kier molecular flexibility index (Phi) is 12.3. The summed E-state index contributed by atoms with van der Waals surface area (Å²) in [4.78, 5) is 61.2. The number of alkyl carbamates (subject to hydrolysis) is 1. The smallest absolute Gasteiger partial charge is 0.407 e. The van der Waals surface area contributed by atoms with Gasteiger partial charge in [0.1, 0.15) is 18.7 Å². The number of rotatable bonds is 10. The third-order valence-electron chi connectivity index (χ3n) is 7.02. The molecule has 0 spiro atoms. The summed E-state index contributed by atoms with van der Waals surface area (Å²) in [5, 5.41) is 11.0. The Bertz CT molecular complexity index is 1210. The zero-order chi connectivity index (χ0) is 30.5. The summed E-state index contributed by atoms with van der Waals surface area (Å²) in [6.45, 7) is 2.96. The van der Waals surface area contributed by atoms with Gasteiger partial charge in [0.2, 0.25) is 17.7 Å². The molecule has 3 atom stereocenters. The molecule has 0 radical (unpaired) electrons. The maximum Gasteiger partial charge on any atom is 0.407 e. The van der Waals surface area contributed by atoms with Crippen molar-refractivity contribution in [2.24, 2.45) is 0 Å². The Morgan fingerprint density at radius 3 is 2.19 bits per heavy atom. The van der Waals surface area contributed by atoms with E-state index in [0.29, 0.717) is 25.7 Å². The molecule has 11 nitrogen and oxygen atoms in total. The van der Waals surface area contributed by atoms with Gasteiger partial charge in [-0.2, -0.15) is 0 Å². The van der Waals surface area contributed by atoms with Gasteiger partial charge in [0.15, 0.2) is 0 Å². The van der Waals surface area contributed by atoms with Crippen LogP contribution in [-0.2, 0) is 35.3 Å². The van der Waals surface area contributed by atoms with Crippen molar-refractivity contribution in [2.45, 2.75) is 83.1 Å². The number of esters is 1. The van der Waals surface area contributed by atoms with Crippen LogP contribution in [0.2, 0.25) is 0 Å². The van der Waals surface area contributed by atoms with Crippen molar-refractivity contribution in [1.29, 1.82) is 0 Å². The van der Waals surface area contributed by atoms with Crippen molar-refractivity contribution < 1.29 is 33.4 Å². The van der Waals surface area contributed by atoms with E-state index in [-0.39, 0.29) is 24.6 Å². The highest BCUT2D eigenvalue weighted by Crippen LogP contribution is 2.24. The molecule has 0 aliphatic heterocycles. The predicted molar refractivity (Wildman–Crippen MR) is 156 cm³/mol. The highest BCUT2D eigenvalue weighted by atomic mass is 16.5. The van der Waals surface area contributed by atoms with Gasteiger partial charge in [0, 0.05) is 19.9 Å². The van der Waals surface area contributed by atoms with E-state index >= 15 is 0 Å². The summed E-state index contributed by atoms with van der Waals surface area (Å²) in [6, 6.07) is 7.17. The molecule has 1 fully saturated rings. The van der Waals surface area contributed by atoms with E-state index in [0.717, 1.165) is 29.6 Å². The first kappa shape index (κ1) is 32.1. The molecule has 4 N–H and O–H groups in total. The average Bonchev–Trinajstić information content (AvgIpc) is 2.97. The van der Waals surface area contributed by atoms with E-state index in [9.17, 15) is 24.0 Å². The van der Waals surface area contributed by atoms with Crippen LogP contribution in [0.3, 0.4) is 0 Å². The van der Waals surface area contributed by atoms with Crippen LogP contribution in [0.15, 0.2) is 65.8 Å². The zero-order valence-electron chi connectivity index (χ0n) is 24.3. The van der Waals surface area contributed by atoms with Gasteiger partial charge in [-0.25, -0.2) is 9.59 Å². The minimum Gasteiger partial charge on any atom is -0.467 e. The highest BCUT2D eigenvalue weighted by Gasteiger charge is 2.27. The molecule has 226 valence electrons. The van der Waals surface area contributed by atoms with Gasteiger partial charge in [-0.1, -0.05) is 54.1 Å². The molecular formula is C31H40N4O7. The molecule has 4 amide bonds. The topological polar surface area (TPSA) is 152 Å². The van der Waals surface area contributed by atoms with Crippen molar-refractivity contribution >= 4 is 29.8 Å². The van der Waals surface area contributed by atoms with Crippen LogP contribution in [0.4, 0.5) is 4.79 Å². The van der Waals surface area contributed by atoms with E-state index in [4.69, 9.17) is 9.47 Å². The van der Waals surface area contributed by atoms with E-state index in [2.05, 4.69) is 21.3 Å². The highest BCUT2D eigenvalue weighted by molar-refractivity contribution is 5.92. The molecule has 2 aliphatic rings. The molecule has 0 unspecified atom stereocenters. The van der Waals surface area contributed by atoms with Crippen molar-refractivity contribution in [2.75, 3.05) is 7.11 Å². The van der Waals surface area contributed by atoms with Crippen LogP contribution in [0, 0.1) is 0 Å². The van der Waals surface area contributed by atoms with E-state index in [1.807, 2.05) is 30.3 Å². The second kappa shape index (κ2) is 16.1. The summed E-state index contributed by atoms with van der Waals surface area (Å²) < 4.78 is 10.2. The fraction of sp³-hybridized carbons (Fsp3) is 0.452. The molecule has 1 aromatic rings. The summed E-state index contributed by atoms with van der Waals surface area (Å²) in [7, 11) is 1.25. The Balaban J connectivity index is 1.60. The zero-order valence-corrected chi connectivity index (χ0v) is 24.3. The quantitative estimate of drug-likeness (QED) is 0.245. The van der Waals surface area contributed by atoms with Crippen LogP contribution in [0.25, 0.3) is 0 Å². The molecule has 0 saturated heterocycles. The van der Waals surface area contributed by atoms with Gasteiger partial charge in [0.25, 0.3) is 0 Å². The summed E-state index contributed by atoms with van der Waals surface area (Å²) in [6.07, 6.45) is 10.3. The van der Waals surface area contributed by atoms with E-state index in [1.54, 1.807) is 24.3 Å². The average molecular weight is 581 g/mol. The molecule has 0 heterocycles. The number of allylic oxidation sites excluding steroid dienone is 3. The van der Waals surface area contributed by atoms with Crippen LogP contribution in [0.1, 0.15) is 57.9 Å². The largest absolute Gasteiger partial charge is 0.467 e. The van der Waals surface area contributed by atoms with Gasteiger partial charge in [-0.15, -0.1) is 0 Å². The van der Waals surface area contributed by atoms with Crippen molar-refractivity contribution in [3.8, 4) is 0 Å². The van der Waals surface area contributed by atoms with Gasteiger partial charge >= 0.3 is 12.1 Å². The number of ether oxygens (including phenoxy) is 2. The molecule has 42 heavy (non-hydrogen) atoms. The normalized spacial score (nSPS) is 20.5. The SMILES string of the molecule is COC(=O)[C@H](C=C1CCC(NC(C)=O)CC1)NC(=O)[C@H](/C=C1/C=C[C@H](NC(=O)OCc2ccccc2)CC1)NC(C)=O. The number of carbonyl (C=O) groups is 5. The third-order valence-corrected chi connectivity index (χ3v) is 7.02. The predicted octanol–water partition coefficient (Wildman–Crippen LogP) is 2.73. The summed E-state index contributed by atoms with van der Waals surface area (Å²) >= 11 is 0. The Morgan fingerprint density at radius 2 is 1.60 bits per heavy atom. The monoisotopic (exact) mass is 580 g/mol. The fourth-order valence-corrected chi connectivity index (χ4v) is 4.89. The Morgan fingerprint density at radius 1 is 0.881 bits per heavy atom. The minimum atomic E-state index is -1.03. The van der Waals surface area contributed by atoms with Gasteiger partial charge < -0.3 is 30.7 Å². The first-order chi connectivity index (χ1) is 20.1. The molecule has 1 aromatic carbocycles. The van der Waals surface area contributed by atoms with Gasteiger partial charge in [0.05, 0.1) is 13.2 Å². The molecule has 11 heteroatoms. The molecule has 1 saturated carbocycles. The number of carbonyl (C=O) groups excluding carboxylic acids is 5. The van der Waals surface area contributed by atoms with Crippen LogP contribution < -0.4 is 21.3 Å². The number of nitrogens with one attached hydrogen (secondary N) is 4. The third kappa shape index (κ3) is 10.9. The standard InChI is InChI=1S/C31H40N4O7/c1-20(36)32-25-13-9-23(10-14-25)18-28(30(39)41-3)35-29(38)27(33-21(2)37)17-22-11-15-26(16-12-22)34-31(40)42-19-24-7-5-4-6-8-24/h4-8,11,15,17-18,25-28H,9-10,12-14,16,19H2,1-3H3,(H,32,36)(H,33,37)(H,34,40)(H,35,38)/b22-17-,23-18?/t25?,26-,27-,28-/m0/s1. The molecule has 3 rings (SSSR count). The minimum absolute atomic E-state index is 0.0776. The van der Waals surface area contributed by atoms with E-state index < -0.39 is 36.0 Å². The Hall–Kier alpha value is -4.41. The fourth-order valence-electron chi connectivity index (χ4n) is 4.89. The maximum atomic E-state index is 13.2. The van der Waals surface area contributed by atoms with E-state index in [1.165, 1.54) is 21.0 Å². The number of benzene rings is 1. The summed E-state index contributed by atoms with van der Waals surface area (Å²) in [5.41, 5.74) is 2.67. The lowest BCUT2D eigenvalue weighted by Crippen LogP contribution is -2.50. The number of amides is 4. The second-order valence-corrected chi connectivity index (χ2v) is 10.4. The second-order valence-electron chi connectivity index (χ2n) is 10.4. The molecule has 2 aliphatic carbocycles. The van der Waals surface area contributed by atoms with Crippen LogP contribution in [0.5, 0.6) is 0 Å². The lowest BCUT2D eigenvalue weighted by molar-refractivity contribution is -0.143. The van der Waals surface area contributed by atoms with Crippen LogP contribution >= 0.6 is 0 Å². The van der Waals surface area contributed by atoms with Gasteiger partial charge in [-0.05, 0) is 55.7 Å². The van der Waals surface area contributed by atoms with Crippen molar-refractivity contribution in [3.63, 3.8) is 0 Å². The van der Waals surface area contributed by atoms with Gasteiger partial charge in [-0.3, -0.25) is 14.4 Å².